The molecule has 1 rings (SSSR count). The molecule has 21 heavy (non-hydrogen) atoms. The SMILES string of the molecule is CNCCn1nc(C)c(S(=O)(=O)NC(C)(C)COC)c1C. The normalized spacial score (nSPS) is 12.9. The molecule has 1 heterocycles. The Kier molecular flexibility index (Phi) is 5.92. The molecule has 0 aromatic carbocycles. The van der Waals surface area contributed by atoms with Crippen molar-refractivity contribution in [1.82, 2.24) is 19.8 Å². The predicted molar refractivity (Wildman–Crippen MR) is 81.9 cm³/mol. The average molecular weight is 318 g/mol. The van der Waals surface area contributed by atoms with E-state index < -0.39 is 15.6 Å². The number of aryl methyl sites for hydroxylation is 1. The van der Waals surface area contributed by atoms with E-state index in [1.807, 2.05) is 7.05 Å². The van der Waals surface area contributed by atoms with Crippen molar-refractivity contribution in [2.24, 2.45) is 0 Å². The number of likely N-dealkylation sites (N-methyl/N-ethyl adjacent to an activating group) is 1. The molecule has 0 aliphatic heterocycles. The molecule has 0 saturated carbocycles. The Morgan fingerprint density at radius 3 is 2.48 bits per heavy atom. The molecule has 8 heteroatoms. The Hall–Kier alpha value is -0.960. The number of aromatic nitrogens is 2. The van der Waals surface area contributed by atoms with Gasteiger partial charge in [0, 0.05) is 13.7 Å². The van der Waals surface area contributed by atoms with Crippen molar-refractivity contribution in [1.29, 1.82) is 0 Å². The van der Waals surface area contributed by atoms with Crippen LogP contribution >= 0.6 is 0 Å². The zero-order valence-corrected chi connectivity index (χ0v) is 14.5. The van der Waals surface area contributed by atoms with E-state index in [0.717, 1.165) is 6.54 Å². The van der Waals surface area contributed by atoms with Crippen LogP contribution in [0.15, 0.2) is 4.90 Å². The van der Waals surface area contributed by atoms with Crippen LogP contribution in [0.5, 0.6) is 0 Å². The lowest BCUT2D eigenvalue weighted by atomic mass is 10.1. The lowest BCUT2D eigenvalue weighted by Crippen LogP contribution is -2.46. The van der Waals surface area contributed by atoms with E-state index in [0.29, 0.717) is 17.9 Å². The fourth-order valence-corrected chi connectivity index (χ4v) is 4.12. The quantitative estimate of drug-likeness (QED) is 0.726. The number of nitrogens with one attached hydrogen (secondary N) is 2. The minimum Gasteiger partial charge on any atom is -0.383 e. The largest absolute Gasteiger partial charge is 0.383 e. The molecular formula is C13H26N4O3S. The molecule has 122 valence electrons. The van der Waals surface area contributed by atoms with Gasteiger partial charge in [-0.25, -0.2) is 13.1 Å². The summed E-state index contributed by atoms with van der Waals surface area (Å²) in [6.45, 7) is 8.69. The molecule has 0 aliphatic rings. The van der Waals surface area contributed by atoms with Crippen LogP contribution in [-0.4, -0.2) is 51.0 Å². The van der Waals surface area contributed by atoms with Gasteiger partial charge in [-0.1, -0.05) is 0 Å². The maximum absolute atomic E-state index is 12.6. The summed E-state index contributed by atoms with van der Waals surface area (Å²) >= 11 is 0. The highest BCUT2D eigenvalue weighted by molar-refractivity contribution is 7.89. The van der Waals surface area contributed by atoms with Crippen molar-refractivity contribution in [3.05, 3.63) is 11.4 Å². The number of nitrogens with zero attached hydrogens (tertiary/aromatic N) is 2. The smallest absolute Gasteiger partial charge is 0.244 e. The molecule has 0 spiro atoms. The van der Waals surface area contributed by atoms with Crippen molar-refractivity contribution < 1.29 is 13.2 Å². The van der Waals surface area contributed by atoms with Gasteiger partial charge in [0.25, 0.3) is 0 Å². The number of hydrogen-bond donors (Lipinski definition) is 2. The summed E-state index contributed by atoms with van der Waals surface area (Å²) in [6.07, 6.45) is 0. The summed E-state index contributed by atoms with van der Waals surface area (Å²) in [7, 11) is -0.250. The van der Waals surface area contributed by atoms with Crippen molar-refractivity contribution in [3.63, 3.8) is 0 Å². The first-order chi connectivity index (χ1) is 9.64. The summed E-state index contributed by atoms with van der Waals surface area (Å²) in [5, 5.41) is 7.34. The van der Waals surface area contributed by atoms with Crippen LogP contribution < -0.4 is 10.0 Å². The molecule has 0 amide bonds. The van der Waals surface area contributed by atoms with Crippen molar-refractivity contribution in [2.75, 3.05) is 27.3 Å². The molecule has 0 atom stereocenters. The molecular weight excluding hydrogens is 292 g/mol. The fraction of sp³-hybridized carbons (Fsp3) is 0.769. The molecule has 0 unspecified atom stereocenters. The van der Waals surface area contributed by atoms with Crippen LogP contribution in [0, 0.1) is 13.8 Å². The highest BCUT2D eigenvalue weighted by Gasteiger charge is 2.30. The van der Waals surface area contributed by atoms with Gasteiger partial charge in [0.2, 0.25) is 10.0 Å². The highest BCUT2D eigenvalue weighted by Crippen LogP contribution is 2.21. The van der Waals surface area contributed by atoms with Crippen LogP contribution in [0.25, 0.3) is 0 Å². The van der Waals surface area contributed by atoms with Crippen LogP contribution in [0.1, 0.15) is 25.2 Å². The molecule has 0 radical (unpaired) electrons. The van der Waals surface area contributed by atoms with Gasteiger partial charge in [0.05, 0.1) is 30.1 Å². The zero-order chi connectivity index (χ0) is 16.3. The van der Waals surface area contributed by atoms with E-state index in [-0.39, 0.29) is 11.5 Å². The summed E-state index contributed by atoms with van der Waals surface area (Å²) in [5.41, 5.74) is 0.465. The van der Waals surface area contributed by atoms with Gasteiger partial charge in [0.1, 0.15) is 4.90 Å². The Morgan fingerprint density at radius 2 is 1.95 bits per heavy atom. The number of ether oxygens (including phenoxy) is 1. The van der Waals surface area contributed by atoms with Crippen molar-refractivity contribution >= 4 is 10.0 Å². The van der Waals surface area contributed by atoms with Gasteiger partial charge in [0.15, 0.2) is 0 Å². The number of methoxy groups -OCH3 is 1. The second-order valence-electron chi connectivity index (χ2n) is 5.75. The van der Waals surface area contributed by atoms with Gasteiger partial charge >= 0.3 is 0 Å². The van der Waals surface area contributed by atoms with Gasteiger partial charge in [-0.15, -0.1) is 0 Å². The molecule has 2 N–H and O–H groups in total. The maximum Gasteiger partial charge on any atom is 0.244 e. The molecule has 1 aromatic heterocycles. The first-order valence-corrected chi connectivity index (χ1v) is 8.34. The van der Waals surface area contributed by atoms with Crippen molar-refractivity contribution in [2.45, 2.75) is 44.7 Å². The molecule has 0 bridgehead atoms. The standard InChI is InChI=1S/C13H26N4O3S/c1-10-12(11(2)17(15-10)8-7-14-5)21(18,19)16-13(3,4)9-20-6/h14,16H,7-9H2,1-6H3. The van der Waals surface area contributed by atoms with E-state index >= 15 is 0 Å². The topological polar surface area (TPSA) is 85.2 Å². The molecule has 0 fully saturated rings. The van der Waals surface area contributed by atoms with Gasteiger partial charge in [-0.3, -0.25) is 4.68 Å². The Labute approximate surface area is 127 Å². The third-order valence-corrected chi connectivity index (χ3v) is 5.02. The van der Waals surface area contributed by atoms with Gasteiger partial charge in [-0.2, -0.15) is 5.10 Å². The minimum absolute atomic E-state index is 0.253. The summed E-state index contributed by atoms with van der Waals surface area (Å²) in [4.78, 5) is 0.253. The predicted octanol–water partition coefficient (Wildman–Crippen LogP) is 0.423. The van der Waals surface area contributed by atoms with E-state index in [4.69, 9.17) is 4.74 Å². The van der Waals surface area contributed by atoms with E-state index in [1.165, 1.54) is 0 Å². The first-order valence-electron chi connectivity index (χ1n) is 6.86. The molecule has 1 aromatic rings. The summed E-state index contributed by atoms with van der Waals surface area (Å²) in [6, 6.07) is 0. The van der Waals surface area contributed by atoms with E-state index in [2.05, 4.69) is 15.1 Å². The first kappa shape index (κ1) is 18.1. The Bertz CT molecular complexity index is 578. The number of hydrogen-bond acceptors (Lipinski definition) is 5. The van der Waals surface area contributed by atoms with E-state index in [1.54, 1.807) is 39.5 Å². The lowest BCUT2D eigenvalue weighted by molar-refractivity contribution is 0.141. The second kappa shape index (κ2) is 6.87. The van der Waals surface area contributed by atoms with Crippen LogP contribution in [0.3, 0.4) is 0 Å². The highest BCUT2D eigenvalue weighted by atomic mass is 32.2. The zero-order valence-electron chi connectivity index (χ0n) is 13.6. The maximum atomic E-state index is 12.6. The molecule has 7 nitrogen and oxygen atoms in total. The molecule has 0 aliphatic carbocycles. The average Bonchev–Trinajstić information content (AvgIpc) is 2.60. The molecule has 0 saturated heterocycles. The van der Waals surface area contributed by atoms with E-state index in [9.17, 15) is 8.42 Å². The number of sulfonamides is 1. The Balaban J connectivity index is 3.11. The number of rotatable bonds is 8. The van der Waals surface area contributed by atoms with Gasteiger partial charge < -0.3 is 10.1 Å². The summed E-state index contributed by atoms with van der Waals surface area (Å²) < 4.78 is 34.7. The summed E-state index contributed by atoms with van der Waals surface area (Å²) in [5.74, 6) is 0. The second-order valence-corrected chi connectivity index (χ2v) is 7.37. The Morgan fingerprint density at radius 1 is 1.33 bits per heavy atom. The third-order valence-electron chi connectivity index (χ3n) is 3.07. The van der Waals surface area contributed by atoms with Crippen LogP contribution in [-0.2, 0) is 21.3 Å². The van der Waals surface area contributed by atoms with Gasteiger partial charge in [-0.05, 0) is 34.7 Å². The fourth-order valence-electron chi connectivity index (χ4n) is 2.31. The lowest BCUT2D eigenvalue weighted by Gasteiger charge is -2.25. The van der Waals surface area contributed by atoms with Crippen LogP contribution in [0.2, 0.25) is 0 Å². The third kappa shape index (κ3) is 4.50. The monoisotopic (exact) mass is 318 g/mol. The van der Waals surface area contributed by atoms with Crippen molar-refractivity contribution in [3.8, 4) is 0 Å². The minimum atomic E-state index is -3.64. The van der Waals surface area contributed by atoms with Crippen LogP contribution in [0.4, 0.5) is 0 Å².